The third-order valence-corrected chi connectivity index (χ3v) is 4.81. The van der Waals surface area contributed by atoms with Crippen LogP contribution in [0.25, 0.3) is 0 Å². The van der Waals surface area contributed by atoms with E-state index in [1.54, 1.807) is 18.6 Å². The first-order valence-electron chi connectivity index (χ1n) is 9.27. The molecule has 1 saturated heterocycles. The van der Waals surface area contributed by atoms with Gasteiger partial charge in [-0.2, -0.15) is 0 Å². The normalized spacial score (nSPS) is 14.7. The first-order chi connectivity index (χ1) is 13.7. The minimum absolute atomic E-state index is 0.0676. The van der Waals surface area contributed by atoms with Crippen molar-refractivity contribution in [2.24, 2.45) is 0 Å². The highest BCUT2D eigenvalue weighted by molar-refractivity contribution is 5.92. The fraction of sp³-hybridized carbons (Fsp3) is 0.300. The van der Waals surface area contributed by atoms with Crippen LogP contribution in [0.1, 0.15) is 40.5 Å². The molecule has 1 N–H and O–H groups in total. The molecule has 0 aromatic carbocycles. The monoisotopic (exact) mass is 375 g/mol. The molecule has 0 radical (unpaired) electrons. The summed E-state index contributed by atoms with van der Waals surface area (Å²) >= 11 is 0. The Balaban J connectivity index is 1.39. The number of carbonyl (C=O) groups excluding carboxylic acids is 1. The third-order valence-electron chi connectivity index (χ3n) is 4.81. The number of carbonyl (C=O) groups is 1. The van der Waals surface area contributed by atoms with Gasteiger partial charge in [-0.05, 0) is 37.5 Å². The predicted octanol–water partition coefficient (Wildman–Crippen LogP) is 2.73. The van der Waals surface area contributed by atoms with Gasteiger partial charge in [-0.15, -0.1) is 0 Å². The zero-order chi connectivity index (χ0) is 19.3. The molecule has 8 nitrogen and oxygen atoms in total. The smallest absolute Gasteiger partial charge is 0.274 e. The van der Waals surface area contributed by atoms with Crippen LogP contribution in [0, 0.1) is 6.92 Å². The van der Waals surface area contributed by atoms with Crippen molar-refractivity contribution >= 4 is 17.7 Å². The van der Waals surface area contributed by atoms with E-state index < -0.39 is 0 Å². The van der Waals surface area contributed by atoms with Gasteiger partial charge in [-0.1, -0.05) is 6.07 Å². The van der Waals surface area contributed by atoms with Gasteiger partial charge in [-0.3, -0.25) is 9.78 Å². The van der Waals surface area contributed by atoms with Gasteiger partial charge in [-0.25, -0.2) is 19.9 Å². The molecule has 142 valence electrons. The van der Waals surface area contributed by atoms with Gasteiger partial charge in [0.1, 0.15) is 11.5 Å². The number of nitrogens with zero attached hydrogens (tertiary/aromatic N) is 6. The van der Waals surface area contributed by atoms with Crippen molar-refractivity contribution in [3.05, 3.63) is 66.1 Å². The molecule has 4 heterocycles. The van der Waals surface area contributed by atoms with Crippen LogP contribution in [0.2, 0.25) is 0 Å². The number of anilines is 2. The van der Waals surface area contributed by atoms with Gasteiger partial charge in [0.05, 0.1) is 6.20 Å². The number of rotatable bonds is 4. The highest BCUT2D eigenvalue weighted by atomic mass is 16.2. The average Bonchev–Trinajstić information content (AvgIpc) is 2.76. The topological polar surface area (TPSA) is 96.8 Å². The molecule has 1 amide bonds. The quantitative estimate of drug-likeness (QED) is 0.749. The molecule has 3 aromatic rings. The SMILES string of the molecule is Cc1ccc(Nc2nccc(C3CCN(C(=O)c4cnccn4)CC3)n2)nc1. The van der Waals surface area contributed by atoms with Crippen LogP contribution in [0.15, 0.2) is 49.2 Å². The number of amides is 1. The first-order valence-corrected chi connectivity index (χ1v) is 9.27. The number of likely N-dealkylation sites (tertiary alicyclic amines) is 1. The molecule has 0 saturated carbocycles. The number of nitrogens with one attached hydrogen (secondary N) is 1. The van der Waals surface area contributed by atoms with Crippen molar-refractivity contribution in [1.82, 2.24) is 29.8 Å². The maximum atomic E-state index is 12.5. The molecule has 1 aliphatic heterocycles. The summed E-state index contributed by atoms with van der Waals surface area (Å²) in [5.74, 6) is 1.47. The number of aromatic nitrogens is 5. The number of pyridine rings is 1. The number of hydrogen-bond donors (Lipinski definition) is 1. The van der Waals surface area contributed by atoms with Crippen LogP contribution in [-0.2, 0) is 0 Å². The Morgan fingerprint density at radius 3 is 2.61 bits per heavy atom. The largest absolute Gasteiger partial charge is 0.337 e. The second kappa shape index (κ2) is 8.08. The van der Waals surface area contributed by atoms with Gasteiger partial charge in [0.25, 0.3) is 5.91 Å². The molecular formula is C20H21N7O. The molecule has 8 heteroatoms. The highest BCUT2D eigenvalue weighted by Crippen LogP contribution is 2.27. The Morgan fingerprint density at radius 2 is 1.89 bits per heavy atom. The van der Waals surface area contributed by atoms with E-state index in [1.807, 2.05) is 30.0 Å². The Labute approximate surface area is 163 Å². The number of piperidine rings is 1. The molecular weight excluding hydrogens is 354 g/mol. The molecule has 1 aliphatic rings. The molecule has 3 aromatic heterocycles. The summed E-state index contributed by atoms with van der Waals surface area (Å²) in [6, 6.07) is 5.84. The lowest BCUT2D eigenvalue weighted by Gasteiger charge is -2.31. The summed E-state index contributed by atoms with van der Waals surface area (Å²) in [4.78, 5) is 35.7. The minimum atomic E-state index is -0.0676. The van der Waals surface area contributed by atoms with Gasteiger partial charge >= 0.3 is 0 Å². The fourth-order valence-corrected chi connectivity index (χ4v) is 3.27. The van der Waals surface area contributed by atoms with Crippen molar-refractivity contribution in [2.45, 2.75) is 25.7 Å². The molecule has 0 unspecified atom stereocenters. The molecule has 1 fully saturated rings. The van der Waals surface area contributed by atoms with E-state index in [0.717, 1.165) is 24.1 Å². The van der Waals surface area contributed by atoms with E-state index >= 15 is 0 Å². The van der Waals surface area contributed by atoms with Gasteiger partial charge in [0, 0.05) is 49.5 Å². The van der Waals surface area contributed by atoms with E-state index in [9.17, 15) is 4.79 Å². The minimum Gasteiger partial charge on any atom is -0.337 e. The van der Waals surface area contributed by atoms with Crippen LogP contribution >= 0.6 is 0 Å². The van der Waals surface area contributed by atoms with Gasteiger partial charge in [0.15, 0.2) is 0 Å². The Hall–Kier alpha value is -3.42. The molecule has 28 heavy (non-hydrogen) atoms. The van der Waals surface area contributed by atoms with Crippen LogP contribution in [-0.4, -0.2) is 48.8 Å². The third kappa shape index (κ3) is 4.11. The van der Waals surface area contributed by atoms with E-state index in [0.29, 0.717) is 36.5 Å². The summed E-state index contributed by atoms with van der Waals surface area (Å²) in [5, 5.41) is 3.15. The standard InChI is InChI=1S/C20H21N7O/c1-14-2-3-18(24-12-14)26-20-23-7-4-16(25-20)15-5-10-27(11-6-15)19(28)17-13-21-8-9-22-17/h2-4,7-9,12-13,15H,5-6,10-11H2,1H3,(H,23,24,25,26). The van der Waals surface area contributed by atoms with Crippen LogP contribution in [0.5, 0.6) is 0 Å². The molecule has 0 aliphatic carbocycles. The summed E-state index contributed by atoms with van der Waals surface area (Å²) < 4.78 is 0. The summed E-state index contributed by atoms with van der Waals surface area (Å²) in [7, 11) is 0. The fourth-order valence-electron chi connectivity index (χ4n) is 3.27. The van der Waals surface area contributed by atoms with E-state index in [4.69, 9.17) is 0 Å². The number of hydrogen-bond acceptors (Lipinski definition) is 7. The Morgan fingerprint density at radius 1 is 1.04 bits per heavy atom. The lowest BCUT2D eigenvalue weighted by molar-refractivity contribution is 0.0705. The van der Waals surface area contributed by atoms with E-state index in [-0.39, 0.29) is 5.91 Å². The zero-order valence-corrected chi connectivity index (χ0v) is 15.6. The Bertz CT molecular complexity index is 938. The second-order valence-electron chi connectivity index (χ2n) is 6.81. The van der Waals surface area contributed by atoms with Gasteiger partial charge in [0.2, 0.25) is 5.95 Å². The number of aryl methyl sites for hydroxylation is 1. The zero-order valence-electron chi connectivity index (χ0n) is 15.6. The van der Waals surface area contributed by atoms with Crippen molar-refractivity contribution in [2.75, 3.05) is 18.4 Å². The molecule has 4 rings (SSSR count). The van der Waals surface area contributed by atoms with Crippen molar-refractivity contribution < 1.29 is 4.79 Å². The van der Waals surface area contributed by atoms with Gasteiger partial charge < -0.3 is 10.2 Å². The summed E-state index contributed by atoms with van der Waals surface area (Å²) in [6.45, 7) is 3.34. The summed E-state index contributed by atoms with van der Waals surface area (Å²) in [6.07, 6.45) is 9.88. The molecule has 0 bridgehead atoms. The van der Waals surface area contributed by atoms with E-state index in [2.05, 4.69) is 30.2 Å². The van der Waals surface area contributed by atoms with Crippen LogP contribution in [0.4, 0.5) is 11.8 Å². The van der Waals surface area contributed by atoms with Crippen molar-refractivity contribution in [3.63, 3.8) is 0 Å². The first kappa shape index (κ1) is 18.0. The van der Waals surface area contributed by atoms with Crippen molar-refractivity contribution in [3.8, 4) is 0 Å². The van der Waals surface area contributed by atoms with E-state index in [1.165, 1.54) is 12.4 Å². The predicted molar refractivity (Wildman–Crippen MR) is 104 cm³/mol. The molecule has 0 spiro atoms. The Kier molecular flexibility index (Phi) is 5.18. The highest BCUT2D eigenvalue weighted by Gasteiger charge is 2.26. The second-order valence-corrected chi connectivity index (χ2v) is 6.81. The van der Waals surface area contributed by atoms with Crippen LogP contribution < -0.4 is 5.32 Å². The maximum absolute atomic E-state index is 12.5. The summed E-state index contributed by atoms with van der Waals surface area (Å²) in [5.41, 5.74) is 2.47. The van der Waals surface area contributed by atoms with Crippen molar-refractivity contribution in [1.29, 1.82) is 0 Å². The molecule has 0 atom stereocenters. The average molecular weight is 375 g/mol. The maximum Gasteiger partial charge on any atom is 0.274 e. The lowest BCUT2D eigenvalue weighted by Crippen LogP contribution is -2.38. The lowest BCUT2D eigenvalue weighted by atomic mass is 9.93. The van der Waals surface area contributed by atoms with Crippen LogP contribution in [0.3, 0.4) is 0 Å².